The summed E-state index contributed by atoms with van der Waals surface area (Å²) in [4.78, 5) is 2.43. The van der Waals surface area contributed by atoms with Crippen LogP contribution in [0, 0.1) is 11.8 Å². The third-order valence-electron chi connectivity index (χ3n) is 3.84. The molecule has 2 rings (SSSR count). The van der Waals surface area contributed by atoms with Gasteiger partial charge in [-0.25, -0.2) is 0 Å². The van der Waals surface area contributed by atoms with Gasteiger partial charge in [-0.05, 0) is 42.5 Å². The molecule has 0 amide bonds. The van der Waals surface area contributed by atoms with E-state index >= 15 is 0 Å². The highest BCUT2D eigenvalue weighted by atomic mass is 15.2. The fourth-order valence-corrected chi connectivity index (χ4v) is 3.00. The first-order chi connectivity index (χ1) is 7.58. The summed E-state index contributed by atoms with van der Waals surface area (Å²) in [6.45, 7) is 9.46. The van der Waals surface area contributed by atoms with Crippen LogP contribution in [0.25, 0.3) is 0 Å². The molecular weight excluding hydrogens is 196 g/mol. The van der Waals surface area contributed by atoms with E-state index < -0.39 is 0 Å². The monoisotopic (exact) mass is 218 g/mol. The van der Waals surface area contributed by atoms with E-state index in [-0.39, 0.29) is 0 Å². The van der Waals surface area contributed by atoms with E-state index in [1.807, 2.05) is 0 Å². The minimum atomic E-state index is 0.675. The Labute approximate surface area is 98.5 Å². The molecule has 1 heterocycles. The molecule has 1 fully saturated rings. The lowest BCUT2D eigenvalue weighted by Gasteiger charge is -2.33. The van der Waals surface area contributed by atoms with Crippen LogP contribution in [-0.2, 0) is 0 Å². The summed E-state index contributed by atoms with van der Waals surface area (Å²) in [5.41, 5.74) is 7.63. The summed E-state index contributed by atoms with van der Waals surface area (Å²) < 4.78 is 0. The first-order valence-corrected chi connectivity index (χ1v) is 6.15. The normalized spacial score (nSPS) is 34.0. The molecule has 0 saturated heterocycles. The Hall–Kier alpha value is -1.18. The fourth-order valence-electron chi connectivity index (χ4n) is 3.00. The van der Waals surface area contributed by atoms with Crippen molar-refractivity contribution in [2.75, 3.05) is 6.54 Å². The average molecular weight is 218 g/mol. The van der Waals surface area contributed by atoms with Gasteiger partial charge in [0.15, 0.2) is 0 Å². The van der Waals surface area contributed by atoms with Gasteiger partial charge < -0.3 is 10.6 Å². The van der Waals surface area contributed by atoms with Crippen molar-refractivity contribution in [3.05, 3.63) is 36.2 Å². The lowest BCUT2D eigenvalue weighted by molar-refractivity contribution is 0.248. The molecule has 2 aliphatic rings. The van der Waals surface area contributed by atoms with E-state index in [9.17, 15) is 0 Å². The van der Waals surface area contributed by atoms with Crippen molar-refractivity contribution >= 4 is 0 Å². The fraction of sp³-hybridized carbons (Fsp3) is 0.571. The zero-order chi connectivity index (χ0) is 11.7. The maximum atomic E-state index is 5.77. The molecule has 0 aromatic rings. The standard InChI is InChI=1S/C14H22N2/c1-10-7-11(2)14(8-10)16-6-4-5-13(9-16)12(3)15/h4-6,10-11,14H,3,7-9,15H2,1-2H3. The summed E-state index contributed by atoms with van der Waals surface area (Å²) in [6.07, 6.45) is 9.01. The largest absolute Gasteiger partial charge is 0.399 e. The van der Waals surface area contributed by atoms with E-state index in [0.717, 1.165) is 24.0 Å². The van der Waals surface area contributed by atoms with Crippen molar-refractivity contribution in [2.45, 2.75) is 32.7 Å². The molecule has 0 spiro atoms. The van der Waals surface area contributed by atoms with Gasteiger partial charge in [-0.15, -0.1) is 0 Å². The second-order valence-electron chi connectivity index (χ2n) is 5.35. The molecule has 0 aromatic heterocycles. The number of hydrogen-bond acceptors (Lipinski definition) is 2. The number of nitrogens with zero attached hydrogens (tertiary/aromatic N) is 1. The van der Waals surface area contributed by atoms with Crippen molar-refractivity contribution in [1.29, 1.82) is 0 Å². The highest BCUT2D eigenvalue weighted by Crippen LogP contribution is 2.35. The van der Waals surface area contributed by atoms with Crippen molar-refractivity contribution in [1.82, 2.24) is 4.90 Å². The molecule has 3 atom stereocenters. The van der Waals surface area contributed by atoms with Gasteiger partial charge >= 0.3 is 0 Å². The predicted molar refractivity (Wildman–Crippen MR) is 68.6 cm³/mol. The van der Waals surface area contributed by atoms with Crippen LogP contribution in [0.4, 0.5) is 0 Å². The van der Waals surface area contributed by atoms with Crippen LogP contribution < -0.4 is 5.73 Å². The molecule has 2 N–H and O–H groups in total. The second kappa shape index (κ2) is 4.36. The molecular formula is C14H22N2. The molecule has 2 heteroatoms. The third-order valence-corrected chi connectivity index (χ3v) is 3.84. The predicted octanol–water partition coefficient (Wildman–Crippen LogP) is 2.65. The lowest BCUT2D eigenvalue weighted by atomic mass is 10.0. The van der Waals surface area contributed by atoms with E-state index in [1.165, 1.54) is 12.8 Å². The van der Waals surface area contributed by atoms with Crippen molar-refractivity contribution in [3.8, 4) is 0 Å². The summed E-state index contributed by atoms with van der Waals surface area (Å²) in [7, 11) is 0. The van der Waals surface area contributed by atoms with Crippen molar-refractivity contribution in [3.63, 3.8) is 0 Å². The smallest absolute Gasteiger partial charge is 0.0447 e. The maximum absolute atomic E-state index is 5.77. The zero-order valence-corrected chi connectivity index (χ0v) is 10.3. The Morgan fingerprint density at radius 1 is 1.44 bits per heavy atom. The molecule has 2 nitrogen and oxygen atoms in total. The molecule has 3 unspecified atom stereocenters. The van der Waals surface area contributed by atoms with Crippen molar-refractivity contribution < 1.29 is 0 Å². The van der Waals surface area contributed by atoms with Gasteiger partial charge in [0.2, 0.25) is 0 Å². The molecule has 0 bridgehead atoms. The molecule has 1 aliphatic heterocycles. The summed E-state index contributed by atoms with van der Waals surface area (Å²) in [5, 5.41) is 0. The first-order valence-electron chi connectivity index (χ1n) is 6.15. The van der Waals surface area contributed by atoms with Crippen LogP contribution in [0.1, 0.15) is 26.7 Å². The minimum absolute atomic E-state index is 0.675. The summed E-state index contributed by atoms with van der Waals surface area (Å²) >= 11 is 0. The van der Waals surface area contributed by atoms with Crippen molar-refractivity contribution in [2.24, 2.45) is 17.6 Å². The van der Waals surface area contributed by atoms with Crippen LogP contribution in [0.2, 0.25) is 0 Å². The third kappa shape index (κ3) is 2.16. The lowest BCUT2D eigenvalue weighted by Crippen LogP contribution is -2.36. The van der Waals surface area contributed by atoms with Crippen LogP contribution in [0.3, 0.4) is 0 Å². The number of hydrogen-bond donors (Lipinski definition) is 1. The van der Waals surface area contributed by atoms with Crippen LogP contribution >= 0.6 is 0 Å². The minimum Gasteiger partial charge on any atom is -0.399 e. The van der Waals surface area contributed by atoms with Gasteiger partial charge in [0.05, 0.1) is 0 Å². The van der Waals surface area contributed by atoms with E-state index in [4.69, 9.17) is 5.73 Å². The molecule has 0 radical (unpaired) electrons. The second-order valence-corrected chi connectivity index (χ2v) is 5.35. The molecule has 0 aromatic carbocycles. The van der Waals surface area contributed by atoms with Gasteiger partial charge in [-0.1, -0.05) is 26.5 Å². The summed E-state index contributed by atoms with van der Waals surface area (Å²) in [5.74, 6) is 1.63. The average Bonchev–Trinajstić information content (AvgIpc) is 2.58. The van der Waals surface area contributed by atoms with Gasteiger partial charge in [-0.2, -0.15) is 0 Å². The molecule has 1 aliphatic carbocycles. The van der Waals surface area contributed by atoms with E-state index in [0.29, 0.717) is 11.7 Å². The van der Waals surface area contributed by atoms with Crippen LogP contribution in [-0.4, -0.2) is 17.5 Å². The quantitative estimate of drug-likeness (QED) is 0.772. The number of nitrogens with two attached hydrogens (primary N) is 1. The Morgan fingerprint density at radius 2 is 2.19 bits per heavy atom. The Morgan fingerprint density at radius 3 is 2.75 bits per heavy atom. The van der Waals surface area contributed by atoms with E-state index in [2.05, 4.69) is 43.7 Å². The number of allylic oxidation sites excluding steroid dienone is 2. The highest BCUT2D eigenvalue weighted by Gasteiger charge is 2.32. The Kier molecular flexibility index (Phi) is 3.08. The highest BCUT2D eigenvalue weighted by molar-refractivity contribution is 5.33. The van der Waals surface area contributed by atoms with Gasteiger partial charge in [-0.3, -0.25) is 0 Å². The Balaban J connectivity index is 2.05. The Bertz CT molecular complexity index is 341. The van der Waals surface area contributed by atoms with Crippen LogP contribution in [0.5, 0.6) is 0 Å². The molecule has 16 heavy (non-hydrogen) atoms. The summed E-state index contributed by atoms with van der Waals surface area (Å²) in [6, 6.07) is 0.675. The van der Waals surface area contributed by atoms with E-state index in [1.54, 1.807) is 0 Å². The van der Waals surface area contributed by atoms with Crippen LogP contribution in [0.15, 0.2) is 36.2 Å². The molecule has 88 valence electrons. The van der Waals surface area contributed by atoms with Gasteiger partial charge in [0, 0.05) is 18.3 Å². The zero-order valence-electron chi connectivity index (χ0n) is 10.3. The number of rotatable bonds is 2. The SMILES string of the molecule is C=C(N)C1=CC=CN(C2CC(C)CC2C)C1. The maximum Gasteiger partial charge on any atom is 0.0447 e. The first kappa shape index (κ1) is 11.3. The van der Waals surface area contributed by atoms with Gasteiger partial charge in [0.25, 0.3) is 0 Å². The van der Waals surface area contributed by atoms with Gasteiger partial charge in [0.1, 0.15) is 0 Å². The molecule has 1 saturated carbocycles. The topological polar surface area (TPSA) is 29.3 Å².